The first-order chi connectivity index (χ1) is 5.52. The zero-order valence-electron chi connectivity index (χ0n) is 8.32. The molecule has 0 heterocycles. The van der Waals surface area contributed by atoms with Crippen molar-refractivity contribution in [2.24, 2.45) is 0 Å². The molecule has 0 bridgehead atoms. The molecule has 0 fully saturated rings. The van der Waals surface area contributed by atoms with E-state index in [0.29, 0.717) is 0 Å². The van der Waals surface area contributed by atoms with E-state index in [2.05, 4.69) is 24.2 Å². The van der Waals surface area contributed by atoms with E-state index in [0.717, 1.165) is 12.0 Å². The van der Waals surface area contributed by atoms with Crippen LogP contribution in [0.2, 0.25) is 0 Å². The van der Waals surface area contributed by atoms with Gasteiger partial charge in [-0.05, 0) is 26.3 Å². The van der Waals surface area contributed by atoms with Crippen LogP contribution in [0.3, 0.4) is 0 Å². The molecule has 1 nitrogen and oxygen atoms in total. The lowest BCUT2D eigenvalue weighted by Gasteiger charge is -2.14. The van der Waals surface area contributed by atoms with Crippen LogP contribution in [0.15, 0.2) is 17.9 Å². The van der Waals surface area contributed by atoms with Gasteiger partial charge in [-0.2, -0.15) is 0 Å². The van der Waals surface area contributed by atoms with Crippen molar-refractivity contribution in [1.82, 2.24) is 0 Å². The maximum absolute atomic E-state index is 5.13. The topological polar surface area (TPSA) is 9.23 Å². The van der Waals surface area contributed by atoms with Crippen molar-refractivity contribution in [3.63, 3.8) is 0 Å². The molecular weight excluding hydrogens is 148 g/mol. The number of methoxy groups -OCH3 is 1. The van der Waals surface area contributed by atoms with Crippen molar-refractivity contribution >= 4 is 0 Å². The summed E-state index contributed by atoms with van der Waals surface area (Å²) in [5, 5.41) is 0. The highest BCUT2D eigenvalue weighted by molar-refractivity contribution is 5.16. The molecule has 0 aliphatic heterocycles. The summed E-state index contributed by atoms with van der Waals surface area (Å²) in [6, 6.07) is 0. The van der Waals surface area contributed by atoms with E-state index in [1.165, 1.54) is 0 Å². The summed E-state index contributed by atoms with van der Waals surface area (Å²) in [5.74, 6) is 6.03. The SMILES string of the molecule is C=C=C(C)CC#CC(C)(C)OC. The van der Waals surface area contributed by atoms with Gasteiger partial charge in [-0.15, -0.1) is 5.73 Å². The van der Waals surface area contributed by atoms with E-state index in [9.17, 15) is 0 Å². The summed E-state index contributed by atoms with van der Waals surface area (Å²) in [7, 11) is 1.66. The first-order valence-electron chi connectivity index (χ1n) is 3.92. The van der Waals surface area contributed by atoms with Gasteiger partial charge in [0.2, 0.25) is 0 Å². The Hall–Kier alpha value is -0.960. The van der Waals surface area contributed by atoms with Crippen LogP contribution in [0.5, 0.6) is 0 Å². The molecule has 1 heteroatoms. The molecule has 0 atom stereocenters. The second kappa shape index (κ2) is 4.83. The highest BCUT2D eigenvalue weighted by Gasteiger charge is 2.10. The summed E-state index contributed by atoms with van der Waals surface area (Å²) in [6.07, 6.45) is 0.719. The molecule has 0 amide bonds. The first kappa shape index (κ1) is 11.0. The molecule has 0 aromatic heterocycles. The first-order valence-corrected chi connectivity index (χ1v) is 3.92. The molecule has 66 valence electrons. The molecule has 0 N–H and O–H groups in total. The maximum Gasteiger partial charge on any atom is 0.122 e. The van der Waals surface area contributed by atoms with Crippen molar-refractivity contribution < 1.29 is 4.74 Å². The standard InChI is InChI=1S/C11H16O/c1-6-10(2)8-7-9-11(3,4)12-5/h1,8H2,2-5H3. The Bertz CT molecular complexity index is 244. The molecule has 0 aliphatic rings. The van der Waals surface area contributed by atoms with Gasteiger partial charge in [-0.25, -0.2) is 0 Å². The normalized spacial score (nSPS) is 9.67. The second-order valence-electron chi connectivity index (χ2n) is 3.15. The summed E-state index contributed by atoms with van der Waals surface area (Å²) < 4.78 is 5.13. The van der Waals surface area contributed by atoms with Crippen molar-refractivity contribution in [2.45, 2.75) is 32.8 Å². The quantitative estimate of drug-likeness (QED) is 0.450. The molecule has 12 heavy (non-hydrogen) atoms. The van der Waals surface area contributed by atoms with Crippen LogP contribution in [-0.4, -0.2) is 12.7 Å². The van der Waals surface area contributed by atoms with E-state index < -0.39 is 0 Å². The minimum Gasteiger partial charge on any atom is -0.366 e. The van der Waals surface area contributed by atoms with Crippen LogP contribution in [0.25, 0.3) is 0 Å². The van der Waals surface area contributed by atoms with Gasteiger partial charge in [0.05, 0.1) is 0 Å². The van der Waals surface area contributed by atoms with Gasteiger partial charge in [-0.1, -0.05) is 18.4 Å². The molecule has 0 rings (SSSR count). The van der Waals surface area contributed by atoms with Gasteiger partial charge >= 0.3 is 0 Å². The Balaban J connectivity index is 4.14. The predicted molar refractivity (Wildman–Crippen MR) is 51.8 cm³/mol. The number of allylic oxidation sites excluding steroid dienone is 1. The lowest BCUT2D eigenvalue weighted by Crippen LogP contribution is -2.19. The van der Waals surface area contributed by atoms with E-state index in [1.54, 1.807) is 7.11 Å². The molecule has 0 aromatic carbocycles. The number of ether oxygens (including phenoxy) is 1. The highest BCUT2D eigenvalue weighted by atomic mass is 16.5. The average molecular weight is 164 g/mol. The number of hydrogen-bond donors (Lipinski definition) is 0. The smallest absolute Gasteiger partial charge is 0.122 e. The summed E-state index contributed by atoms with van der Waals surface area (Å²) in [4.78, 5) is 0. The third-order valence-corrected chi connectivity index (χ3v) is 1.56. The van der Waals surface area contributed by atoms with Crippen LogP contribution < -0.4 is 0 Å². The van der Waals surface area contributed by atoms with Gasteiger partial charge in [0, 0.05) is 13.5 Å². The van der Waals surface area contributed by atoms with Gasteiger partial charge in [-0.3, -0.25) is 0 Å². The Morgan fingerprint density at radius 2 is 2.08 bits per heavy atom. The Morgan fingerprint density at radius 3 is 2.50 bits per heavy atom. The molecular formula is C11H16O. The molecule has 0 unspecified atom stereocenters. The number of rotatable bonds is 2. The fourth-order valence-corrected chi connectivity index (χ4v) is 0.503. The summed E-state index contributed by atoms with van der Waals surface area (Å²) in [5.41, 5.74) is 3.51. The maximum atomic E-state index is 5.13. The Morgan fingerprint density at radius 1 is 1.50 bits per heavy atom. The highest BCUT2D eigenvalue weighted by Crippen LogP contribution is 2.05. The van der Waals surface area contributed by atoms with E-state index in [4.69, 9.17) is 4.74 Å². The van der Waals surface area contributed by atoms with E-state index in [1.807, 2.05) is 20.8 Å². The van der Waals surface area contributed by atoms with Crippen LogP contribution in [0.4, 0.5) is 0 Å². The van der Waals surface area contributed by atoms with Gasteiger partial charge in [0.25, 0.3) is 0 Å². The Labute approximate surface area is 75.1 Å². The zero-order chi connectivity index (χ0) is 9.61. The third-order valence-electron chi connectivity index (χ3n) is 1.56. The van der Waals surface area contributed by atoms with Gasteiger partial charge in [0.1, 0.15) is 5.60 Å². The third kappa shape index (κ3) is 4.79. The minimum atomic E-state index is -0.346. The van der Waals surface area contributed by atoms with Gasteiger partial charge in [0.15, 0.2) is 0 Å². The Kier molecular flexibility index (Phi) is 4.44. The largest absolute Gasteiger partial charge is 0.366 e. The molecule has 0 spiro atoms. The summed E-state index contributed by atoms with van der Waals surface area (Å²) in [6.45, 7) is 9.37. The summed E-state index contributed by atoms with van der Waals surface area (Å²) >= 11 is 0. The monoisotopic (exact) mass is 164 g/mol. The van der Waals surface area contributed by atoms with Gasteiger partial charge < -0.3 is 4.74 Å². The van der Waals surface area contributed by atoms with Crippen molar-refractivity contribution in [3.05, 3.63) is 17.9 Å². The lowest BCUT2D eigenvalue weighted by atomic mass is 10.1. The number of hydrogen-bond acceptors (Lipinski definition) is 1. The van der Waals surface area contributed by atoms with Crippen LogP contribution in [-0.2, 0) is 4.74 Å². The minimum absolute atomic E-state index is 0.346. The van der Waals surface area contributed by atoms with Crippen LogP contribution in [0, 0.1) is 11.8 Å². The van der Waals surface area contributed by atoms with Crippen LogP contribution in [0.1, 0.15) is 27.2 Å². The van der Waals surface area contributed by atoms with Crippen molar-refractivity contribution in [3.8, 4) is 11.8 Å². The predicted octanol–water partition coefficient (Wildman–Crippen LogP) is 2.54. The molecule has 0 saturated heterocycles. The van der Waals surface area contributed by atoms with E-state index in [-0.39, 0.29) is 5.60 Å². The molecule has 0 saturated carbocycles. The van der Waals surface area contributed by atoms with Crippen molar-refractivity contribution in [1.29, 1.82) is 0 Å². The van der Waals surface area contributed by atoms with E-state index >= 15 is 0 Å². The molecule has 0 radical (unpaired) electrons. The fraction of sp³-hybridized carbons (Fsp3) is 0.545. The second-order valence-corrected chi connectivity index (χ2v) is 3.15. The molecule has 0 aromatic rings. The van der Waals surface area contributed by atoms with Crippen molar-refractivity contribution in [2.75, 3.05) is 7.11 Å². The zero-order valence-corrected chi connectivity index (χ0v) is 8.32. The van der Waals surface area contributed by atoms with Crippen LogP contribution >= 0.6 is 0 Å². The fourth-order valence-electron chi connectivity index (χ4n) is 0.503. The lowest BCUT2D eigenvalue weighted by molar-refractivity contribution is 0.0741. The molecule has 0 aliphatic carbocycles. The average Bonchev–Trinajstić information content (AvgIpc) is 2.04.